The van der Waals surface area contributed by atoms with Gasteiger partial charge in [-0.05, 0) is 30.7 Å². The van der Waals surface area contributed by atoms with Crippen LogP contribution >= 0.6 is 0 Å². The van der Waals surface area contributed by atoms with Gasteiger partial charge in [0.05, 0.1) is 0 Å². The summed E-state index contributed by atoms with van der Waals surface area (Å²) in [5, 5.41) is 13.0. The van der Waals surface area contributed by atoms with Crippen molar-refractivity contribution in [1.29, 1.82) is 0 Å². The number of H-pyrrole nitrogens is 1. The van der Waals surface area contributed by atoms with Crippen LogP contribution in [-0.4, -0.2) is 28.0 Å². The predicted molar refractivity (Wildman–Crippen MR) is 92.1 cm³/mol. The van der Waals surface area contributed by atoms with Crippen molar-refractivity contribution in [3.8, 4) is 0 Å². The first-order valence-corrected chi connectivity index (χ1v) is 7.70. The Morgan fingerprint density at radius 1 is 1.12 bits per heavy atom. The molecule has 0 bridgehead atoms. The van der Waals surface area contributed by atoms with E-state index in [4.69, 9.17) is 0 Å². The molecule has 0 aliphatic rings. The molecule has 3 aromatic rings. The van der Waals surface area contributed by atoms with Crippen LogP contribution in [0.2, 0.25) is 0 Å². The number of nitrogens with one attached hydrogen (secondary N) is 2. The standard InChI is InChI=1S/C19H18N2O3/c1-12-6-8-13(9-7-12)18(22)21-17(19(23)24)10-14-11-20-16-5-3-2-4-15(14)16/h2-9,11,17,20H,10H2,1H3,(H,21,22)(H,23,24)/t17-/m0/s1. The normalized spacial score (nSPS) is 12.0. The molecular weight excluding hydrogens is 304 g/mol. The van der Waals surface area contributed by atoms with Crippen LogP contribution in [0, 0.1) is 6.92 Å². The van der Waals surface area contributed by atoms with Gasteiger partial charge in [0.15, 0.2) is 0 Å². The summed E-state index contributed by atoms with van der Waals surface area (Å²) in [5.41, 5.74) is 3.30. The Kier molecular flexibility index (Phi) is 4.33. The summed E-state index contributed by atoms with van der Waals surface area (Å²) in [6.45, 7) is 1.93. The molecule has 0 spiro atoms. The van der Waals surface area contributed by atoms with E-state index < -0.39 is 12.0 Å². The Morgan fingerprint density at radius 3 is 2.54 bits per heavy atom. The van der Waals surface area contributed by atoms with Gasteiger partial charge in [0.2, 0.25) is 0 Å². The van der Waals surface area contributed by atoms with Crippen LogP contribution < -0.4 is 5.32 Å². The number of para-hydroxylation sites is 1. The number of carboxylic acid groups (broad SMARTS) is 1. The highest BCUT2D eigenvalue weighted by molar-refractivity contribution is 5.96. The van der Waals surface area contributed by atoms with E-state index in [9.17, 15) is 14.7 Å². The predicted octanol–water partition coefficient (Wildman–Crippen LogP) is 2.90. The van der Waals surface area contributed by atoms with Crippen LogP contribution in [0.3, 0.4) is 0 Å². The quantitative estimate of drug-likeness (QED) is 0.675. The second-order valence-corrected chi connectivity index (χ2v) is 5.79. The number of carbonyl (C=O) groups is 2. The number of hydrogen-bond acceptors (Lipinski definition) is 2. The van der Waals surface area contributed by atoms with Crippen molar-refractivity contribution in [3.05, 3.63) is 71.4 Å². The number of carbonyl (C=O) groups excluding carboxylic acids is 1. The molecule has 2 aromatic carbocycles. The summed E-state index contributed by atoms with van der Waals surface area (Å²) in [7, 11) is 0. The highest BCUT2D eigenvalue weighted by atomic mass is 16.4. The Bertz CT molecular complexity index is 881. The molecule has 1 atom stereocenters. The molecule has 0 aliphatic carbocycles. The van der Waals surface area contributed by atoms with Gasteiger partial charge in [-0.15, -0.1) is 0 Å². The molecule has 122 valence electrons. The fraction of sp³-hybridized carbons (Fsp3) is 0.158. The molecule has 0 unspecified atom stereocenters. The first kappa shape index (κ1) is 15.8. The number of aliphatic carboxylic acids is 1. The monoisotopic (exact) mass is 322 g/mol. The second-order valence-electron chi connectivity index (χ2n) is 5.79. The SMILES string of the molecule is Cc1ccc(C(=O)N[C@@H](Cc2c[nH]c3ccccc23)C(=O)O)cc1. The number of rotatable bonds is 5. The Balaban J connectivity index is 1.79. The van der Waals surface area contributed by atoms with Gasteiger partial charge in [-0.2, -0.15) is 0 Å². The summed E-state index contributed by atoms with van der Waals surface area (Å²) in [5.74, 6) is -1.44. The minimum absolute atomic E-state index is 0.219. The lowest BCUT2D eigenvalue weighted by molar-refractivity contribution is -0.139. The molecule has 1 amide bonds. The number of fused-ring (bicyclic) bond motifs is 1. The zero-order valence-electron chi connectivity index (χ0n) is 13.2. The van der Waals surface area contributed by atoms with E-state index in [2.05, 4.69) is 10.3 Å². The van der Waals surface area contributed by atoms with Crippen molar-refractivity contribution >= 4 is 22.8 Å². The van der Waals surface area contributed by atoms with Gasteiger partial charge >= 0.3 is 5.97 Å². The van der Waals surface area contributed by atoms with Crippen molar-refractivity contribution in [2.45, 2.75) is 19.4 Å². The van der Waals surface area contributed by atoms with Crippen molar-refractivity contribution < 1.29 is 14.7 Å². The van der Waals surface area contributed by atoms with Crippen LogP contribution in [0.4, 0.5) is 0 Å². The van der Waals surface area contributed by atoms with Crippen molar-refractivity contribution in [3.63, 3.8) is 0 Å². The molecule has 24 heavy (non-hydrogen) atoms. The van der Waals surface area contributed by atoms with E-state index in [1.807, 2.05) is 43.3 Å². The topological polar surface area (TPSA) is 82.2 Å². The molecule has 0 saturated carbocycles. The minimum Gasteiger partial charge on any atom is -0.480 e. The molecule has 0 saturated heterocycles. The van der Waals surface area contributed by atoms with Gasteiger partial charge in [-0.1, -0.05) is 35.9 Å². The van der Waals surface area contributed by atoms with Crippen LogP contribution in [0.15, 0.2) is 54.7 Å². The van der Waals surface area contributed by atoms with Crippen molar-refractivity contribution in [2.75, 3.05) is 0 Å². The van der Waals surface area contributed by atoms with Gasteiger partial charge in [0.25, 0.3) is 5.91 Å². The summed E-state index contributed by atoms with van der Waals surface area (Å²) in [6.07, 6.45) is 2.01. The largest absolute Gasteiger partial charge is 0.480 e. The Morgan fingerprint density at radius 2 is 1.83 bits per heavy atom. The second kappa shape index (κ2) is 6.58. The maximum Gasteiger partial charge on any atom is 0.326 e. The summed E-state index contributed by atoms with van der Waals surface area (Å²) < 4.78 is 0. The first-order valence-electron chi connectivity index (χ1n) is 7.70. The summed E-state index contributed by atoms with van der Waals surface area (Å²) >= 11 is 0. The number of hydrogen-bond donors (Lipinski definition) is 3. The van der Waals surface area contributed by atoms with Crippen molar-refractivity contribution in [2.24, 2.45) is 0 Å². The third kappa shape index (κ3) is 3.30. The van der Waals surface area contributed by atoms with Crippen LogP contribution in [0.5, 0.6) is 0 Å². The minimum atomic E-state index is -1.05. The average Bonchev–Trinajstić information content (AvgIpc) is 2.98. The lowest BCUT2D eigenvalue weighted by Crippen LogP contribution is -2.42. The molecule has 0 fully saturated rings. The Hall–Kier alpha value is -3.08. The molecule has 1 heterocycles. The summed E-state index contributed by atoms with van der Waals surface area (Å²) in [4.78, 5) is 27.0. The van der Waals surface area contributed by atoms with E-state index in [1.165, 1.54) is 0 Å². The van der Waals surface area contributed by atoms with E-state index in [0.717, 1.165) is 22.0 Å². The number of carboxylic acids is 1. The lowest BCUT2D eigenvalue weighted by atomic mass is 10.0. The third-order valence-electron chi connectivity index (χ3n) is 4.02. The number of benzene rings is 2. The molecule has 1 aromatic heterocycles. The molecule has 5 heteroatoms. The number of aromatic nitrogens is 1. The maximum absolute atomic E-state index is 12.3. The van der Waals surface area contributed by atoms with E-state index in [-0.39, 0.29) is 12.3 Å². The number of aromatic amines is 1. The highest BCUT2D eigenvalue weighted by Crippen LogP contribution is 2.19. The smallest absolute Gasteiger partial charge is 0.326 e. The van der Waals surface area contributed by atoms with Gasteiger partial charge in [0, 0.05) is 29.1 Å². The van der Waals surface area contributed by atoms with E-state index in [0.29, 0.717) is 5.56 Å². The zero-order valence-corrected chi connectivity index (χ0v) is 13.2. The molecule has 0 aliphatic heterocycles. The first-order chi connectivity index (χ1) is 11.5. The van der Waals surface area contributed by atoms with Crippen LogP contribution in [0.25, 0.3) is 10.9 Å². The average molecular weight is 322 g/mol. The van der Waals surface area contributed by atoms with Gasteiger partial charge < -0.3 is 15.4 Å². The zero-order chi connectivity index (χ0) is 17.1. The maximum atomic E-state index is 12.3. The van der Waals surface area contributed by atoms with Crippen molar-refractivity contribution in [1.82, 2.24) is 10.3 Å². The highest BCUT2D eigenvalue weighted by Gasteiger charge is 2.22. The third-order valence-corrected chi connectivity index (χ3v) is 4.02. The fourth-order valence-electron chi connectivity index (χ4n) is 2.67. The van der Waals surface area contributed by atoms with Gasteiger partial charge in [0.1, 0.15) is 6.04 Å². The molecule has 3 N–H and O–H groups in total. The lowest BCUT2D eigenvalue weighted by Gasteiger charge is -2.14. The number of aryl methyl sites for hydroxylation is 1. The fourth-order valence-corrected chi connectivity index (χ4v) is 2.67. The Labute approximate surface area is 139 Å². The molecule has 3 rings (SSSR count). The van der Waals surface area contributed by atoms with Gasteiger partial charge in [-0.25, -0.2) is 4.79 Å². The van der Waals surface area contributed by atoms with Crippen LogP contribution in [-0.2, 0) is 11.2 Å². The van der Waals surface area contributed by atoms with Gasteiger partial charge in [-0.3, -0.25) is 4.79 Å². The van der Waals surface area contributed by atoms with Crippen LogP contribution in [0.1, 0.15) is 21.5 Å². The number of amides is 1. The summed E-state index contributed by atoms with van der Waals surface area (Å²) in [6, 6.07) is 13.7. The van der Waals surface area contributed by atoms with E-state index in [1.54, 1.807) is 18.3 Å². The molecular formula is C19H18N2O3. The molecule has 5 nitrogen and oxygen atoms in total. The van der Waals surface area contributed by atoms with E-state index >= 15 is 0 Å². The molecule has 0 radical (unpaired) electrons.